The quantitative estimate of drug-likeness (QED) is 0.308. The third-order valence-corrected chi connectivity index (χ3v) is 8.00. The molecule has 1 fully saturated rings. The number of nitrogens with zero attached hydrogens (tertiary/aromatic N) is 6. The Balaban J connectivity index is 1.36. The summed E-state index contributed by atoms with van der Waals surface area (Å²) in [5, 5.41) is 40.9. The van der Waals surface area contributed by atoms with Crippen molar-refractivity contribution in [1.82, 2.24) is 30.1 Å². The van der Waals surface area contributed by atoms with E-state index < -0.39 is 5.60 Å². The van der Waals surface area contributed by atoms with Crippen LogP contribution in [0.3, 0.4) is 0 Å². The molecule has 39 heavy (non-hydrogen) atoms. The number of carbonyl (C=O) groups excluding carboxylic acids is 1. The molecular weight excluding hydrogens is 512 g/mol. The number of nitriles is 1. The van der Waals surface area contributed by atoms with Gasteiger partial charge in [0.2, 0.25) is 0 Å². The van der Waals surface area contributed by atoms with E-state index in [1.165, 1.54) is 13.8 Å². The lowest BCUT2D eigenvalue weighted by atomic mass is 9.86. The Morgan fingerprint density at radius 2 is 1.95 bits per heavy atom. The van der Waals surface area contributed by atoms with Crippen LogP contribution in [0, 0.1) is 11.3 Å². The van der Waals surface area contributed by atoms with E-state index in [1.54, 1.807) is 28.1 Å². The molecule has 3 N–H and O–H groups in total. The van der Waals surface area contributed by atoms with E-state index in [0.717, 1.165) is 63.9 Å². The van der Waals surface area contributed by atoms with Crippen molar-refractivity contribution < 1.29 is 9.90 Å². The summed E-state index contributed by atoms with van der Waals surface area (Å²) < 4.78 is 1.78. The van der Waals surface area contributed by atoms with Gasteiger partial charge in [0, 0.05) is 29.9 Å². The molecule has 5 rings (SSSR count). The number of amides is 1. The summed E-state index contributed by atoms with van der Waals surface area (Å²) in [4.78, 5) is 16.9. The number of aromatic nitrogens is 5. The summed E-state index contributed by atoms with van der Waals surface area (Å²) in [5.74, 6) is -0.0436. The number of anilines is 1. The molecule has 4 aromatic rings. The Labute approximate surface area is 231 Å². The molecule has 1 aliphatic rings. The van der Waals surface area contributed by atoms with Crippen molar-refractivity contribution in [2.24, 2.45) is 0 Å². The molecule has 1 saturated carbocycles. The van der Waals surface area contributed by atoms with Crippen LogP contribution >= 0.6 is 11.3 Å². The van der Waals surface area contributed by atoms with Gasteiger partial charge in [-0.15, -0.1) is 10.2 Å². The van der Waals surface area contributed by atoms with Gasteiger partial charge in [-0.2, -0.15) is 10.4 Å². The zero-order valence-electron chi connectivity index (χ0n) is 22.5. The lowest BCUT2D eigenvalue weighted by Crippen LogP contribution is -2.47. The number of fused-ring (bicyclic) bond motifs is 1. The molecule has 0 spiro atoms. The molecule has 4 aromatic heterocycles. The molecule has 1 amide bonds. The molecule has 10 nitrogen and oxygen atoms in total. The zero-order valence-corrected chi connectivity index (χ0v) is 23.3. The van der Waals surface area contributed by atoms with Crippen molar-refractivity contribution in [3.05, 3.63) is 47.2 Å². The minimum absolute atomic E-state index is 0.0669. The van der Waals surface area contributed by atoms with Crippen molar-refractivity contribution in [3.63, 3.8) is 0 Å². The highest BCUT2D eigenvalue weighted by atomic mass is 32.1. The highest BCUT2D eigenvalue weighted by molar-refractivity contribution is 7.14. The summed E-state index contributed by atoms with van der Waals surface area (Å²) in [5.41, 5.74) is 3.37. The SMILES string of the molecule is CC(C)Nc1cc(-c2ccc3cc(C#N)cnn23)ncc1-c1nnc(C2CCC(NC(=O)C(C)(C)O)CC2)s1. The van der Waals surface area contributed by atoms with Crippen molar-refractivity contribution in [2.45, 2.75) is 77.0 Å². The molecule has 0 atom stereocenters. The minimum Gasteiger partial charge on any atom is -0.382 e. The van der Waals surface area contributed by atoms with Gasteiger partial charge in [-0.3, -0.25) is 9.78 Å². The van der Waals surface area contributed by atoms with Gasteiger partial charge < -0.3 is 15.7 Å². The van der Waals surface area contributed by atoms with Crippen molar-refractivity contribution in [2.75, 3.05) is 5.32 Å². The number of nitrogens with one attached hydrogen (secondary N) is 2. The van der Waals surface area contributed by atoms with Gasteiger partial charge >= 0.3 is 0 Å². The van der Waals surface area contributed by atoms with Crippen LogP contribution < -0.4 is 10.6 Å². The normalized spacial score (nSPS) is 17.8. The summed E-state index contributed by atoms with van der Waals surface area (Å²) in [6, 6.07) is 10.1. The van der Waals surface area contributed by atoms with Crippen molar-refractivity contribution >= 4 is 28.4 Å². The van der Waals surface area contributed by atoms with Gasteiger partial charge in [-0.05, 0) is 77.6 Å². The van der Waals surface area contributed by atoms with Crippen LogP contribution in [0.15, 0.2) is 36.7 Å². The first-order valence-corrected chi connectivity index (χ1v) is 14.0. The zero-order chi connectivity index (χ0) is 27.7. The Hall–Kier alpha value is -3.88. The fraction of sp³-hybridized carbons (Fsp3) is 0.429. The summed E-state index contributed by atoms with van der Waals surface area (Å²) in [6.45, 7) is 7.18. The van der Waals surface area contributed by atoms with Crippen LogP contribution in [0.2, 0.25) is 0 Å². The standard InChI is InChI=1S/C28H32N8O2S/c1-16(2)32-22-12-23(24-10-9-20-11-17(13-29)14-31-36(20)24)30-15-21(22)26-35-34-25(39-26)18-5-7-19(8-6-18)33-27(37)28(3,4)38/h9-12,14-16,18-19,38H,5-8H2,1-4H3,(H,30,32)(H,33,37). The predicted molar refractivity (Wildman–Crippen MR) is 150 cm³/mol. The number of hydrogen-bond donors (Lipinski definition) is 3. The third-order valence-electron chi connectivity index (χ3n) is 6.88. The topological polar surface area (TPSA) is 141 Å². The fourth-order valence-corrected chi connectivity index (χ4v) is 5.84. The van der Waals surface area contributed by atoms with Gasteiger partial charge in [0.05, 0.1) is 34.2 Å². The first kappa shape index (κ1) is 26.7. The van der Waals surface area contributed by atoms with Gasteiger partial charge in [0.15, 0.2) is 5.01 Å². The van der Waals surface area contributed by atoms with E-state index in [2.05, 4.69) is 45.8 Å². The third kappa shape index (κ3) is 5.77. The molecule has 4 heterocycles. The molecule has 0 radical (unpaired) electrons. The smallest absolute Gasteiger partial charge is 0.251 e. The van der Waals surface area contributed by atoms with Gasteiger partial charge in [0.25, 0.3) is 5.91 Å². The second kappa shape index (κ2) is 10.7. The maximum Gasteiger partial charge on any atom is 0.251 e. The second-order valence-electron chi connectivity index (χ2n) is 10.9. The first-order valence-electron chi connectivity index (χ1n) is 13.1. The number of rotatable bonds is 7. The lowest BCUT2D eigenvalue weighted by molar-refractivity contribution is -0.137. The molecule has 11 heteroatoms. The Morgan fingerprint density at radius 3 is 2.64 bits per heavy atom. The Morgan fingerprint density at radius 1 is 1.18 bits per heavy atom. The summed E-state index contributed by atoms with van der Waals surface area (Å²) >= 11 is 1.59. The number of pyridine rings is 1. The molecule has 1 aliphatic carbocycles. The Bertz CT molecular complexity index is 1540. The molecular formula is C28H32N8O2S. The minimum atomic E-state index is -1.37. The molecule has 202 valence electrons. The molecule has 0 aliphatic heterocycles. The predicted octanol–water partition coefficient (Wildman–Crippen LogP) is 4.52. The van der Waals surface area contributed by atoms with Crippen molar-refractivity contribution in [3.8, 4) is 28.0 Å². The number of hydrogen-bond acceptors (Lipinski definition) is 9. The monoisotopic (exact) mass is 544 g/mol. The van der Waals surface area contributed by atoms with E-state index in [-0.39, 0.29) is 23.9 Å². The summed E-state index contributed by atoms with van der Waals surface area (Å²) in [6.07, 6.45) is 6.87. The van der Waals surface area contributed by atoms with Gasteiger partial charge in [-0.25, -0.2) is 4.52 Å². The maximum atomic E-state index is 12.1. The Kier molecular flexibility index (Phi) is 7.34. The number of carbonyl (C=O) groups is 1. The average Bonchev–Trinajstić information content (AvgIpc) is 3.55. The van der Waals surface area contributed by atoms with Crippen LogP contribution in [-0.2, 0) is 4.79 Å². The summed E-state index contributed by atoms with van der Waals surface area (Å²) in [7, 11) is 0. The fourth-order valence-electron chi connectivity index (χ4n) is 4.81. The average molecular weight is 545 g/mol. The van der Waals surface area contributed by atoms with Crippen molar-refractivity contribution in [1.29, 1.82) is 5.26 Å². The van der Waals surface area contributed by atoms with E-state index in [0.29, 0.717) is 5.56 Å². The molecule has 0 unspecified atom stereocenters. The molecule has 0 aromatic carbocycles. The highest BCUT2D eigenvalue weighted by Gasteiger charge is 2.30. The largest absolute Gasteiger partial charge is 0.382 e. The van der Waals surface area contributed by atoms with E-state index >= 15 is 0 Å². The van der Waals surface area contributed by atoms with Crippen LogP contribution in [0.5, 0.6) is 0 Å². The molecule has 0 saturated heterocycles. The second-order valence-corrected chi connectivity index (χ2v) is 11.9. The van der Waals surface area contributed by atoms with E-state index in [9.17, 15) is 15.2 Å². The van der Waals surface area contributed by atoms with E-state index in [4.69, 9.17) is 4.98 Å². The lowest BCUT2D eigenvalue weighted by Gasteiger charge is -2.29. The first-order chi connectivity index (χ1) is 18.6. The number of aliphatic hydroxyl groups is 1. The molecule has 0 bridgehead atoms. The van der Waals surface area contributed by atoms with Gasteiger partial charge in [-0.1, -0.05) is 11.3 Å². The van der Waals surface area contributed by atoms with Crippen LogP contribution in [-0.4, -0.2) is 53.5 Å². The van der Waals surface area contributed by atoms with Gasteiger partial charge in [0.1, 0.15) is 16.7 Å². The maximum absolute atomic E-state index is 12.1. The van der Waals surface area contributed by atoms with Crippen LogP contribution in [0.4, 0.5) is 5.69 Å². The highest BCUT2D eigenvalue weighted by Crippen LogP contribution is 2.39. The van der Waals surface area contributed by atoms with Crippen LogP contribution in [0.25, 0.3) is 27.5 Å². The van der Waals surface area contributed by atoms with E-state index in [1.807, 2.05) is 24.4 Å². The van der Waals surface area contributed by atoms with Crippen LogP contribution in [0.1, 0.15) is 69.9 Å².